The van der Waals surface area contributed by atoms with Gasteiger partial charge >= 0.3 is 0 Å². The van der Waals surface area contributed by atoms with Crippen LogP contribution in [0.2, 0.25) is 0 Å². The smallest absolute Gasteiger partial charge is 0.264 e. The maximum Gasteiger partial charge on any atom is 0.264 e. The zero-order chi connectivity index (χ0) is 14.5. The molecule has 20 heavy (non-hydrogen) atoms. The lowest BCUT2D eigenvalue weighted by Gasteiger charge is -2.14. The number of aliphatic hydroxyl groups is 1. The Labute approximate surface area is 116 Å². The van der Waals surface area contributed by atoms with Gasteiger partial charge in [-0.15, -0.1) is 0 Å². The lowest BCUT2D eigenvalue weighted by Crippen LogP contribution is -2.01. The van der Waals surface area contributed by atoms with Gasteiger partial charge in [-0.25, -0.2) is 8.78 Å². The number of halogens is 2. The van der Waals surface area contributed by atoms with Crippen molar-refractivity contribution in [2.75, 3.05) is 0 Å². The summed E-state index contributed by atoms with van der Waals surface area (Å²) >= 11 is 0. The fourth-order valence-corrected chi connectivity index (χ4v) is 1.97. The quantitative estimate of drug-likeness (QED) is 0.895. The van der Waals surface area contributed by atoms with Crippen LogP contribution in [-0.2, 0) is 13.2 Å². The first-order chi connectivity index (χ1) is 9.61. The first-order valence-electron chi connectivity index (χ1n) is 6.31. The van der Waals surface area contributed by atoms with E-state index in [0.717, 1.165) is 5.56 Å². The third-order valence-corrected chi connectivity index (χ3v) is 3.09. The summed E-state index contributed by atoms with van der Waals surface area (Å²) in [6, 6.07) is 12.4. The Hall–Kier alpha value is -1.94. The second-order valence-electron chi connectivity index (χ2n) is 4.55. The molecule has 0 radical (unpaired) electrons. The predicted molar refractivity (Wildman–Crippen MR) is 72.8 cm³/mol. The van der Waals surface area contributed by atoms with Crippen LogP contribution in [0.1, 0.15) is 28.7 Å². The first kappa shape index (κ1) is 14.5. The highest BCUT2D eigenvalue weighted by atomic mass is 19.3. The lowest BCUT2D eigenvalue weighted by molar-refractivity contribution is 0.150. The third kappa shape index (κ3) is 3.33. The van der Waals surface area contributed by atoms with E-state index in [2.05, 4.69) is 0 Å². The maximum absolute atomic E-state index is 12.8. The number of hydrogen-bond donors (Lipinski definition) is 1. The van der Waals surface area contributed by atoms with Crippen molar-refractivity contribution in [2.24, 2.45) is 0 Å². The molecule has 2 nitrogen and oxygen atoms in total. The average Bonchev–Trinajstić information content (AvgIpc) is 2.46. The molecule has 2 aromatic rings. The number of rotatable bonds is 5. The lowest BCUT2D eigenvalue weighted by atomic mass is 10.0. The topological polar surface area (TPSA) is 29.5 Å². The van der Waals surface area contributed by atoms with Gasteiger partial charge in [0, 0.05) is 11.1 Å². The minimum absolute atomic E-state index is 0.0684. The highest BCUT2D eigenvalue weighted by Gasteiger charge is 2.15. The third-order valence-electron chi connectivity index (χ3n) is 3.09. The molecule has 2 aromatic carbocycles. The van der Waals surface area contributed by atoms with Gasteiger partial charge in [0.2, 0.25) is 0 Å². The molecule has 0 amide bonds. The van der Waals surface area contributed by atoms with E-state index in [-0.39, 0.29) is 12.2 Å². The van der Waals surface area contributed by atoms with Crippen LogP contribution in [0.25, 0.3) is 0 Å². The van der Waals surface area contributed by atoms with Gasteiger partial charge in [-0.1, -0.05) is 30.3 Å². The minimum Gasteiger partial charge on any atom is -0.489 e. The van der Waals surface area contributed by atoms with Crippen LogP contribution >= 0.6 is 0 Å². The van der Waals surface area contributed by atoms with Gasteiger partial charge < -0.3 is 9.84 Å². The van der Waals surface area contributed by atoms with E-state index < -0.39 is 6.43 Å². The average molecular weight is 278 g/mol. The van der Waals surface area contributed by atoms with Crippen molar-refractivity contribution in [3.05, 3.63) is 64.7 Å². The monoisotopic (exact) mass is 278 g/mol. The van der Waals surface area contributed by atoms with Crippen LogP contribution in [0.4, 0.5) is 8.78 Å². The minimum atomic E-state index is -2.55. The molecule has 0 unspecified atom stereocenters. The van der Waals surface area contributed by atoms with Gasteiger partial charge in [-0.05, 0) is 30.2 Å². The van der Waals surface area contributed by atoms with Crippen molar-refractivity contribution in [3.63, 3.8) is 0 Å². The molecule has 0 bridgehead atoms. The van der Waals surface area contributed by atoms with Gasteiger partial charge in [0.15, 0.2) is 0 Å². The summed E-state index contributed by atoms with van der Waals surface area (Å²) in [6.45, 7) is 1.61. The van der Waals surface area contributed by atoms with Gasteiger partial charge in [-0.2, -0.15) is 0 Å². The van der Waals surface area contributed by atoms with Crippen molar-refractivity contribution in [2.45, 2.75) is 26.6 Å². The normalized spacial score (nSPS) is 10.8. The fraction of sp³-hybridized carbons (Fsp3) is 0.250. The van der Waals surface area contributed by atoms with Crippen LogP contribution in [-0.4, -0.2) is 5.11 Å². The Bertz CT molecular complexity index is 568. The van der Waals surface area contributed by atoms with Crippen molar-refractivity contribution < 1.29 is 18.6 Å². The van der Waals surface area contributed by atoms with E-state index in [1.54, 1.807) is 13.0 Å². The molecule has 0 saturated heterocycles. The number of hydrogen-bond acceptors (Lipinski definition) is 2. The van der Waals surface area contributed by atoms with Gasteiger partial charge in [-0.3, -0.25) is 0 Å². The van der Waals surface area contributed by atoms with E-state index >= 15 is 0 Å². The molecular formula is C16H16F2O2. The SMILES string of the molecule is Cc1cc(OCc2ccccc2)c(CO)cc1C(F)F. The number of aliphatic hydroxyl groups excluding tert-OH is 1. The summed E-state index contributed by atoms with van der Waals surface area (Å²) in [5.74, 6) is 0.443. The molecule has 0 aliphatic heterocycles. The van der Waals surface area contributed by atoms with Crippen LogP contribution in [0, 0.1) is 6.92 Å². The van der Waals surface area contributed by atoms with Crippen molar-refractivity contribution >= 4 is 0 Å². The highest BCUT2D eigenvalue weighted by molar-refractivity contribution is 5.42. The molecule has 0 spiro atoms. The molecular weight excluding hydrogens is 262 g/mol. The summed E-state index contributed by atoms with van der Waals surface area (Å²) in [4.78, 5) is 0. The number of ether oxygens (including phenoxy) is 1. The first-order valence-corrected chi connectivity index (χ1v) is 6.31. The van der Waals surface area contributed by atoms with Crippen molar-refractivity contribution in [1.82, 2.24) is 0 Å². The van der Waals surface area contributed by atoms with E-state index in [1.807, 2.05) is 30.3 Å². The van der Waals surface area contributed by atoms with Crippen LogP contribution < -0.4 is 4.74 Å². The molecule has 0 saturated carbocycles. The van der Waals surface area contributed by atoms with Crippen LogP contribution in [0.15, 0.2) is 42.5 Å². The Balaban J connectivity index is 2.21. The molecule has 0 aliphatic rings. The second kappa shape index (κ2) is 6.48. The largest absolute Gasteiger partial charge is 0.489 e. The Morgan fingerprint density at radius 1 is 1.15 bits per heavy atom. The summed E-state index contributed by atoms with van der Waals surface area (Å²) in [5.41, 5.74) is 1.75. The number of benzene rings is 2. The molecule has 0 heterocycles. The molecule has 2 rings (SSSR count). The van der Waals surface area contributed by atoms with Gasteiger partial charge in [0.05, 0.1) is 6.61 Å². The predicted octanol–water partition coefficient (Wildman–Crippen LogP) is 4.00. The molecule has 0 aliphatic carbocycles. The maximum atomic E-state index is 12.8. The number of aryl methyl sites for hydroxylation is 1. The molecule has 106 valence electrons. The van der Waals surface area contributed by atoms with E-state index in [9.17, 15) is 13.9 Å². The molecule has 1 N–H and O–H groups in total. The van der Waals surface area contributed by atoms with Crippen LogP contribution in [0.5, 0.6) is 5.75 Å². The summed E-state index contributed by atoms with van der Waals surface area (Å²) in [5, 5.41) is 9.29. The summed E-state index contributed by atoms with van der Waals surface area (Å²) in [7, 11) is 0. The summed E-state index contributed by atoms with van der Waals surface area (Å²) < 4.78 is 31.2. The standard InChI is InChI=1S/C16H16F2O2/c1-11-7-15(13(9-19)8-14(11)16(17)18)20-10-12-5-3-2-4-6-12/h2-8,16,19H,9-10H2,1H3. The van der Waals surface area contributed by atoms with E-state index in [0.29, 0.717) is 23.5 Å². The highest BCUT2D eigenvalue weighted by Crippen LogP contribution is 2.30. The Morgan fingerprint density at radius 3 is 2.45 bits per heavy atom. The van der Waals surface area contributed by atoms with Crippen LogP contribution in [0.3, 0.4) is 0 Å². The summed E-state index contributed by atoms with van der Waals surface area (Å²) in [6.07, 6.45) is -2.55. The fourth-order valence-electron chi connectivity index (χ4n) is 1.97. The van der Waals surface area contributed by atoms with Gasteiger partial charge in [0.1, 0.15) is 12.4 Å². The molecule has 0 fully saturated rings. The Morgan fingerprint density at radius 2 is 1.85 bits per heavy atom. The second-order valence-corrected chi connectivity index (χ2v) is 4.55. The van der Waals surface area contributed by atoms with E-state index in [4.69, 9.17) is 4.74 Å². The Kier molecular flexibility index (Phi) is 4.69. The van der Waals surface area contributed by atoms with Crippen molar-refractivity contribution in [1.29, 1.82) is 0 Å². The van der Waals surface area contributed by atoms with Gasteiger partial charge in [0.25, 0.3) is 6.43 Å². The zero-order valence-corrected chi connectivity index (χ0v) is 11.1. The molecule has 0 atom stereocenters. The zero-order valence-electron chi connectivity index (χ0n) is 11.1. The van der Waals surface area contributed by atoms with Crippen molar-refractivity contribution in [3.8, 4) is 5.75 Å². The number of alkyl halides is 2. The molecule has 0 aromatic heterocycles. The molecule has 4 heteroatoms. The van der Waals surface area contributed by atoms with E-state index in [1.165, 1.54) is 6.07 Å².